The minimum absolute atomic E-state index is 0.334. The van der Waals surface area contributed by atoms with E-state index in [1.54, 1.807) is 0 Å². The maximum atomic E-state index is 5.28. The second kappa shape index (κ2) is 16.2. The Balaban J connectivity index is 1.05. The molecule has 0 aliphatic carbocycles. The Morgan fingerprint density at radius 2 is 0.522 bits per heavy atom. The van der Waals surface area contributed by atoms with E-state index in [0.717, 1.165) is 85.0 Å². The normalized spacial score (nSPS) is 19.3. The average Bonchev–Trinajstić information content (AvgIpc) is 3.76. The van der Waals surface area contributed by atoms with E-state index in [0.29, 0.717) is 0 Å². The maximum Gasteiger partial charge on any atom is 0.137 e. The molecular formula is C60H63N9. The van der Waals surface area contributed by atoms with Gasteiger partial charge in [-0.2, -0.15) is 0 Å². The Bertz CT molecular complexity index is 2780. The van der Waals surface area contributed by atoms with Gasteiger partial charge in [-0.05, 0) is 154 Å². The van der Waals surface area contributed by atoms with Gasteiger partial charge in [0.1, 0.15) is 35.0 Å². The van der Waals surface area contributed by atoms with Crippen LogP contribution in [0.1, 0.15) is 99.8 Å². The number of nitrogens with zero attached hydrogens (tertiary/aromatic N) is 9. The van der Waals surface area contributed by atoms with Gasteiger partial charge >= 0.3 is 0 Å². The molecule has 9 heteroatoms. The van der Waals surface area contributed by atoms with E-state index in [-0.39, 0.29) is 33.2 Å². The lowest BCUT2D eigenvalue weighted by Crippen LogP contribution is -2.53. The number of benzene rings is 4. The van der Waals surface area contributed by atoms with Gasteiger partial charge in [-0.3, -0.25) is 15.0 Å². The summed E-state index contributed by atoms with van der Waals surface area (Å²) in [6, 6.07) is 50.9. The number of aliphatic imine (C=N–C) groups is 3. The van der Waals surface area contributed by atoms with Crippen LogP contribution in [-0.4, -0.2) is 65.7 Å². The van der Waals surface area contributed by atoms with Crippen molar-refractivity contribution in [3.05, 3.63) is 181 Å². The molecule has 0 fully saturated rings. The van der Waals surface area contributed by atoms with Crippen molar-refractivity contribution >= 4 is 35.0 Å². The molecule has 7 aromatic rings. The number of anilines is 3. The lowest BCUT2D eigenvalue weighted by molar-refractivity contribution is 0.337. The van der Waals surface area contributed by atoms with Crippen LogP contribution in [0, 0.1) is 0 Å². The monoisotopic (exact) mass is 910 g/mol. The molecule has 9 nitrogen and oxygen atoms in total. The highest BCUT2D eigenvalue weighted by Crippen LogP contribution is 2.45. The van der Waals surface area contributed by atoms with Gasteiger partial charge in [-0.25, -0.2) is 15.0 Å². The van der Waals surface area contributed by atoms with Crippen LogP contribution < -0.4 is 14.7 Å². The van der Waals surface area contributed by atoms with Crippen LogP contribution in [0.2, 0.25) is 0 Å². The van der Waals surface area contributed by atoms with E-state index < -0.39 is 0 Å². The molecule has 0 saturated heterocycles. The summed E-state index contributed by atoms with van der Waals surface area (Å²) in [7, 11) is 0. The molecule has 0 radical (unpaired) electrons. The maximum absolute atomic E-state index is 5.28. The fraction of sp³-hybridized carbons (Fsp3) is 0.300. The Morgan fingerprint density at radius 1 is 0.275 bits per heavy atom. The van der Waals surface area contributed by atoms with Gasteiger partial charge < -0.3 is 14.7 Å². The molecule has 0 N–H and O–H groups in total. The zero-order chi connectivity index (χ0) is 48.7. The topological polar surface area (TPSA) is 85.5 Å². The van der Waals surface area contributed by atoms with Gasteiger partial charge in [0.15, 0.2) is 0 Å². The van der Waals surface area contributed by atoms with Crippen molar-refractivity contribution in [2.24, 2.45) is 15.0 Å². The third-order valence-electron chi connectivity index (χ3n) is 15.9. The highest BCUT2D eigenvalue weighted by atomic mass is 15.4. The highest BCUT2D eigenvalue weighted by molar-refractivity contribution is 6.14. The summed E-state index contributed by atoms with van der Waals surface area (Å²) in [4.78, 5) is 38.3. The predicted molar refractivity (Wildman–Crippen MR) is 287 cm³/mol. The van der Waals surface area contributed by atoms with Gasteiger partial charge in [-0.1, -0.05) is 91.0 Å². The number of pyridine rings is 3. The molecule has 0 spiro atoms. The van der Waals surface area contributed by atoms with E-state index in [1.807, 2.05) is 36.8 Å². The summed E-state index contributed by atoms with van der Waals surface area (Å²) >= 11 is 0. The van der Waals surface area contributed by atoms with Crippen molar-refractivity contribution in [3.8, 4) is 33.4 Å². The van der Waals surface area contributed by atoms with Crippen molar-refractivity contribution in [1.82, 2.24) is 15.0 Å². The molecule has 3 aromatic heterocycles. The molecular weight excluding hydrogens is 847 g/mol. The van der Waals surface area contributed by atoms with E-state index in [1.165, 1.54) is 0 Å². The third-order valence-corrected chi connectivity index (χ3v) is 15.9. The van der Waals surface area contributed by atoms with Crippen LogP contribution in [0.5, 0.6) is 0 Å². The number of hydrogen-bond acceptors (Lipinski definition) is 9. The van der Waals surface area contributed by atoms with E-state index in [9.17, 15) is 0 Å². The molecule has 0 amide bonds. The summed E-state index contributed by atoms with van der Waals surface area (Å²) in [5, 5.41) is 0. The first-order valence-corrected chi connectivity index (χ1v) is 24.1. The van der Waals surface area contributed by atoms with Crippen LogP contribution >= 0.6 is 0 Å². The second-order valence-corrected chi connectivity index (χ2v) is 21.8. The average molecular weight is 910 g/mol. The summed E-state index contributed by atoms with van der Waals surface area (Å²) in [5.74, 6) is 5.33. The Labute approximate surface area is 408 Å². The Hall–Kier alpha value is -7.26. The second-order valence-electron chi connectivity index (χ2n) is 21.8. The minimum atomic E-state index is -0.345. The van der Waals surface area contributed by atoms with E-state index >= 15 is 0 Å². The van der Waals surface area contributed by atoms with Crippen LogP contribution in [-0.2, 0) is 0 Å². The van der Waals surface area contributed by atoms with Crippen molar-refractivity contribution < 1.29 is 0 Å². The summed E-state index contributed by atoms with van der Waals surface area (Å²) in [6.45, 7) is 26.7. The van der Waals surface area contributed by atoms with Gasteiger partial charge in [0.05, 0.1) is 33.2 Å². The molecule has 3 aliphatic heterocycles. The third kappa shape index (κ3) is 7.54. The van der Waals surface area contributed by atoms with Crippen molar-refractivity contribution in [1.29, 1.82) is 0 Å². The SMILES string of the molecule is CC1(C)N=C(c2ccccc2)N(c2ccc(-c3cc(-c4ccc(N5C(c6ccccc6)=NC(C)(C)C5(C)C)nc4)cc(-c4ccc(N5C(c6ccccc6)=NC(C)(C)C5(C)C)nc4)c3)cn2)C1(C)C. The molecule has 0 bridgehead atoms. The van der Waals surface area contributed by atoms with Crippen molar-refractivity contribution in [2.75, 3.05) is 14.7 Å². The van der Waals surface area contributed by atoms with Crippen LogP contribution in [0.3, 0.4) is 0 Å². The number of aromatic nitrogens is 3. The van der Waals surface area contributed by atoms with Crippen molar-refractivity contribution in [2.45, 2.75) is 116 Å². The molecule has 3 aliphatic rings. The molecule has 10 rings (SSSR count). The highest BCUT2D eigenvalue weighted by Gasteiger charge is 2.52. The zero-order valence-electron chi connectivity index (χ0n) is 42.1. The van der Waals surface area contributed by atoms with Gasteiger partial charge in [0, 0.05) is 52.0 Å². The molecule has 0 atom stereocenters. The number of amidine groups is 3. The zero-order valence-corrected chi connectivity index (χ0v) is 42.1. The van der Waals surface area contributed by atoms with Gasteiger partial charge in [0.25, 0.3) is 0 Å². The van der Waals surface area contributed by atoms with E-state index in [2.05, 4.69) is 225 Å². The number of hydrogen-bond donors (Lipinski definition) is 0. The lowest BCUT2D eigenvalue weighted by Gasteiger charge is -2.40. The minimum Gasteiger partial charge on any atom is -0.303 e. The summed E-state index contributed by atoms with van der Waals surface area (Å²) in [6.07, 6.45) is 5.98. The summed E-state index contributed by atoms with van der Waals surface area (Å²) < 4.78 is 0. The van der Waals surface area contributed by atoms with Crippen LogP contribution in [0.15, 0.2) is 179 Å². The molecule has 4 aromatic carbocycles. The largest absolute Gasteiger partial charge is 0.303 e. The first kappa shape index (κ1) is 45.5. The van der Waals surface area contributed by atoms with Crippen LogP contribution in [0.4, 0.5) is 17.5 Å². The Morgan fingerprint density at radius 3 is 0.739 bits per heavy atom. The molecule has 6 heterocycles. The van der Waals surface area contributed by atoms with Gasteiger partial charge in [-0.15, -0.1) is 0 Å². The molecule has 69 heavy (non-hydrogen) atoms. The van der Waals surface area contributed by atoms with E-state index in [4.69, 9.17) is 29.9 Å². The van der Waals surface area contributed by atoms with Crippen LogP contribution in [0.25, 0.3) is 33.4 Å². The quantitative estimate of drug-likeness (QED) is 0.143. The fourth-order valence-corrected chi connectivity index (χ4v) is 9.69. The van der Waals surface area contributed by atoms with Crippen molar-refractivity contribution in [3.63, 3.8) is 0 Å². The molecule has 348 valence electrons. The number of rotatable bonds is 9. The fourth-order valence-electron chi connectivity index (χ4n) is 9.69. The molecule has 0 unspecified atom stereocenters. The predicted octanol–water partition coefficient (Wildman–Crippen LogP) is 13.3. The first-order chi connectivity index (χ1) is 32.7. The first-order valence-electron chi connectivity index (χ1n) is 24.1. The summed E-state index contributed by atoms with van der Waals surface area (Å²) in [5.41, 5.74) is 7.28. The molecule has 0 saturated carbocycles. The Kier molecular flexibility index (Phi) is 10.7. The standard InChI is InChI=1S/C60H63N9/c1-55(2)58(7,8)67(52(64-55)40-22-16-13-17-23-40)49-31-28-43(37-61-49)46-34-47(44-29-32-50(62-38-44)68-53(41-24-18-14-19-25-41)65-56(3,4)59(68,9)10)36-48(35-46)45-30-33-51(63-39-45)69-54(42-26-20-15-21-27-42)66-57(5,6)60(69,11)12/h13-39H,1-12H3. The lowest BCUT2D eigenvalue weighted by atomic mass is 9.83. The smallest absolute Gasteiger partial charge is 0.137 e. The van der Waals surface area contributed by atoms with Gasteiger partial charge in [0.2, 0.25) is 0 Å².